The fourth-order valence-electron chi connectivity index (χ4n) is 4.03. The zero-order valence-corrected chi connectivity index (χ0v) is 16.7. The van der Waals surface area contributed by atoms with Crippen LogP contribution in [0, 0.1) is 0 Å². The van der Waals surface area contributed by atoms with E-state index in [-0.39, 0.29) is 5.92 Å². The summed E-state index contributed by atoms with van der Waals surface area (Å²) in [5.74, 6) is 1.95. The summed E-state index contributed by atoms with van der Waals surface area (Å²) < 4.78 is 50.1. The third kappa shape index (κ3) is 4.60. The van der Waals surface area contributed by atoms with E-state index in [1.54, 1.807) is 19.4 Å². The Morgan fingerprint density at radius 1 is 1.17 bits per heavy atom. The van der Waals surface area contributed by atoms with Crippen LogP contribution in [0.4, 0.5) is 13.2 Å². The first kappa shape index (κ1) is 20.7. The summed E-state index contributed by atoms with van der Waals surface area (Å²) in [6.07, 6.45) is -0.933. The molecule has 1 aliphatic rings. The molecule has 2 aromatic heterocycles. The van der Waals surface area contributed by atoms with Crippen LogP contribution >= 0.6 is 0 Å². The maximum absolute atomic E-state index is 13.1. The predicted molar refractivity (Wildman–Crippen MR) is 106 cm³/mol. The van der Waals surface area contributed by atoms with Crippen LogP contribution in [0.15, 0.2) is 47.0 Å². The van der Waals surface area contributed by atoms with E-state index < -0.39 is 11.7 Å². The van der Waals surface area contributed by atoms with Crippen LogP contribution in [-0.4, -0.2) is 35.3 Å². The lowest BCUT2D eigenvalue weighted by Gasteiger charge is -2.31. The van der Waals surface area contributed by atoms with Gasteiger partial charge in [0.05, 0.1) is 18.3 Å². The number of likely N-dealkylation sites (tertiary alicyclic amines) is 1. The molecule has 30 heavy (non-hydrogen) atoms. The average Bonchev–Trinajstić information content (AvgIpc) is 3.38. The first-order chi connectivity index (χ1) is 14.4. The average molecular weight is 419 g/mol. The molecule has 1 aromatic carbocycles. The van der Waals surface area contributed by atoms with Crippen LogP contribution in [0.1, 0.15) is 41.5 Å². The molecule has 3 aromatic rings. The first-order valence-corrected chi connectivity index (χ1v) is 9.94. The van der Waals surface area contributed by atoms with Crippen molar-refractivity contribution in [3.63, 3.8) is 0 Å². The Balaban J connectivity index is 1.42. The summed E-state index contributed by atoms with van der Waals surface area (Å²) in [5, 5.41) is 7.16. The number of rotatable bonds is 6. The summed E-state index contributed by atoms with van der Waals surface area (Å²) in [7, 11) is 1.63. The van der Waals surface area contributed by atoms with Crippen LogP contribution in [-0.2, 0) is 24.1 Å². The molecule has 0 amide bonds. The van der Waals surface area contributed by atoms with Gasteiger partial charge in [-0.3, -0.25) is 10.00 Å². The van der Waals surface area contributed by atoms with Gasteiger partial charge in [-0.05, 0) is 55.8 Å². The Kier molecular flexibility index (Phi) is 5.97. The highest BCUT2D eigenvalue weighted by Crippen LogP contribution is 2.37. The maximum Gasteiger partial charge on any atom is 0.416 e. The Bertz CT molecular complexity index is 972. The van der Waals surface area contributed by atoms with Crippen molar-refractivity contribution < 1.29 is 22.3 Å². The second kappa shape index (κ2) is 8.65. The highest BCUT2D eigenvalue weighted by atomic mass is 19.4. The van der Waals surface area contributed by atoms with Gasteiger partial charge in [0, 0.05) is 24.3 Å². The van der Waals surface area contributed by atoms with Gasteiger partial charge >= 0.3 is 6.18 Å². The van der Waals surface area contributed by atoms with Crippen LogP contribution in [0.25, 0.3) is 11.1 Å². The minimum Gasteiger partial charge on any atom is -0.462 e. The molecular weight excluding hydrogens is 395 g/mol. The molecule has 0 saturated carbocycles. The summed E-state index contributed by atoms with van der Waals surface area (Å²) in [6, 6.07) is 9.33. The van der Waals surface area contributed by atoms with Crippen molar-refractivity contribution in [2.75, 3.05) is 20.2 Å². The van der Waals surface area contributed by atoms with Gasteiger partial charge < -0.3 is 9.15 Å². The SMILES string of the molecule is COCc1ccc(CN2CCC(c3[nH]ncc3-c3cccc(C(F)(F)F)c3)CC2)o1. The zero-order chi connectivity index (χ0) is 21.1. The van der Waals surface area contributed by atoms with Gasteiger partial charge in [-0.2, -0.15) is 18.3 Å². The van der Waals surface area contributed by atoms with Crippen molar-refractivity contribution in [2.45, 2.75) is 38.1 Å². The minimum atomic E-state index is -4.36. The van der Waals surface area contributed by atoms with E-state index in [2.05, 4.69) is 15.1 Å². The number of nitrogens with zero attached hydrogens (tertiary/aromatic N) is 2. The Morgan fingerprint density at radius 3 is 2.67 bits per heavy atom. The number of nitrogens with one attached hydrogen (secondary N) is 1. The second-order valence-electron chi connectivity index (χ2n) is 7.63. The molecule has 0 spiro atoms. The third-order valence-corrected chi connectivity index (χ3v) is 5.55. The summed E-state index contributed by atoms with van der Waals surface area (Å²) >= 11 is 0. The molecule has 5 nitrogen and oxygen atoms in total. The molecule has 0 aliphatic carbocycles. The molecule has 1 aliphatic heterocycles. The van der Waals surface area contributed by atoms with Crippen molar-refractivity contribution >= 4 is 0 Å². The number of furan rings is 1. The highest BCUT2D eigenvalue weighted by molar-refractivity contribution is 5.66. The van der Waals surface area contributed by atoms with E-state index in [0.717, 1.165) is 61.3 Å². The minimum absolute atomic E-state index is 0.231. The fraction of sp³-hybridized carbons (Fsp3) is 0.409. The van der Waals surface area contributed by atoms with Crippen LogP contribution < -0.4 is 0 Å². The lowest BCUT2D eigenvalue weighted by molar-refractivity contribution is -0.137. The molecule has 8 heteroatoms. The number of hydrogen-bond donors (Lipinski definition) is 1. The molecule has 1 N–H and O–H groups in total. The lowest BCUT2D eigenvalue weighted by atomic mass is 9.89. The summed E-state index contributed by atoms with van der Waals surface area (Å²) in [5.41, 5.74) is 1.55. The summed E-state index contributed by atoms with van der Waals surface area (Å²) in [4.78, 5) is 2.33. The van der Waals surface area contributed by atoms with Crippen LogP contribution in [0.2, 0.25) is 0 Å². The standard InChI is InChI=1S/C22H24F3N3O2/c1-29-14-19-6-5-18(30-19)13-28-9-7-15(8-10-28)21-20(12-26-27-21)16-3-2-4-17(11-16)22(23,24)25/h2-6,11-12,15H,7-10,13-14H2,1H3,(H,26,27). The molecule has 3 heterocycles. The largest absolute Gasteiger partial charge is 0.462 e. The number of ether oxygens (including phenoxy) is 1. The van der Waals surface area contributed by atoms with Gasteiger partial charge in [-0.15, -0.1) is 0 Å². The van der Waals surface area contributed by atoms with Crippen molar-refractivity contribution in [3.8, 4) is 11.1 Å². The van der Waals surface area contributed by atoms with Gasteiger partial charge in [0.1, 0.15) is 18.1 Å². The number of piperidine rings is 1. The molecule has 1 fully saturated rings. The zero-order valence-electron chi connectivity index (χ0n) is 16.7. The number of aromatic nitrogens is 2. The fourth-order valence-corrected chi connectivity index (χ4v) is 4.03. The molecule has 160 valence electrons. The van der Waals surface area contributed by atoms with Crippen molar-refractivity contribution in [3.05, 3.63) is 65.4 Å². The molecule has 0 bridgehead atoms. The number of halogens is 3. The number of methoxy groups -OCH3 is 1. The normalized spacial score (nSPS) is 16.3. The number of aromatic amines is 1. The quantitative estimate of drug-likeness (QED) is 0.596. The lowest BCUT2D eigenvalue weighted by Crippen LogP contribution is -2.32. The van der Waals surface area contributed by atoms with E-state index in [4.69, 9.17) is 9.15 Å². The monoisotopic (exact) mass is 419 g/mol. The Labute approximate surface area is 172 Å². The second-order valence-corrected chi connectivity index (χ2v) is 7.63. The van der Waals surface area contributed by atoms with E-state index in [1.165, 1.54) is 12.1 Å². The van der Waals surface area contributed by atoms with Gasteiger partial charge in [0.25, 0.3) is 0 Å². The summed E-state index contributed by atoms with van der Waals surface area (Å²) in [6.45, 7) is 2.96. The topological polar surface area (TPSA) is 54.3 Å². The van der Waals surface area contributed by atoms with Crippen LogP contribution in [0.5, 0.6) is 0 Å². The number of hydrogen-bond acceptors (Lipinski definition) is 4. The molecule has 0 radical (unpaired) electrons. The maximum atomic E-state index is 13.1. The van der Waals surface area contributed by atoms with Gasteiger partial charge in [0.15, 0.2) is 0 Å². The first-order valence-electron chi connectivity index (χ1n) is 9.94. The molecule has 0 atom stereocenters. The number of alkyl halides is 3. The van der Waals surface area contributed by atoms with E-state index in [1.807, 2.05) is 12.1 Å². The molecule has 1 saturated heterocycles. The Hall–Kier alpha value is -2.58. The molecular formula is C22H24F3N3O2. The number of H-pyrrole nitrogens is 1. The van der Waals surface area contributed by atoms with Crippen molar-refractivity contribution in [2.24, 2.45) is 0 Å². The van der Waals surface area contributed by atoms with E-state index in [0.29, 0.717) is 12.2 Å². The van der Waals surface area contributed by atoms with E-state index in [9.17, 15) is 13.2 Å². The Morgan fingerprint density at radius 2 is 1.93 bits per heavy atom. The predicted octanol–water partition coefficient (Wildman–Crippen LogP) is 5.21. The van der Waals surface area contributed by atoms with Gasteiger partial charge in [-0.25, -0.2) is 0 Å². The molecule has 4 rings (SSSR count). The number of benzene rings is 1. The van der Waals surface area contributed by atoms with Crippen molar-refractivity contribution in [1.29, 1.82) is 0 Å². The van der Waals surface area contributed by atoms with Crippen molar-refractivity contribution in [1.82, 2.24) is 15.1 Å². The molecule has 0 unspecified atom stereocenters. The smallest absolute Gasteiger partial charge is 0.416 e. The van der Waals surface area contributed by atoms with E-state index >= 15 is 0 Å². The third-order valence-electron chi connectivity index (χ3n) is 5.55. The van der Waals surface area contributed by atoms with Gasteiger partial charge in [-0.1, -0.05) is 12.1 Å². The highest BCUT2D eigenvalue weighted by Gasteiger charge is 2.31. The van der Waals surface area contributed by atoms with Gasteiger partial charge in [0.2, 0.25) is 0 Å². The van der Waals surface area contributed by atoms with Crippen LogP contribution in [0.3, 0.4) is 0 Å².